The summed E-state index contributed by atoms with van der Waals surface area (Å²) >= 11 is 6.39. The maximum absolute atomic E-state index is 12.5. The second-order valence-corrected chi connectivity index (χ2v) is 7.04. The quantitative estimate of drug-likeness (QED) is 0.678. The predicted molar refractivity (Wildman–Crippen MR) is 99.1 cm³/mol. The largest absolute Gasteiger partial charge is 0.351 e. The lowest BCUT2D eigenvalue weighted by Gasteiger charge is -2.15. The number of thiocarbonyl (C=S) groups is 1. The van der Waals surface area contributed by atoms with E-state index in [1.807, 2.05) is 49.0 Å². The Kier molecular flexibility index (Phi) is 4.55. The number of hydrazine groups is 1. The summed E-state index contributed by atoms with van der Waals surface area (Å²) in [4.78, 5) is 25.3. The predicted octanol–water partition coefficient (Wildman–Crippen LogP) is 2.88. The van der Waals surface area contributed by atoms with Gasteiger partial charge in [0.25, 0.3) is 11.8 Å². The normalized spacial score (nSPS) is 16.1. The third-order valence-corrected chi connectivity index (χ3v) is 4.89. The molecule has 1 fully saturated rings. The van der Waals surface area contributed by atoms with E-state index in [9.17, 15) is 9.59 Å². The van der Waals surface area contributed by atoms with Crippen LogP contribution in [0.1, 0.15) is 21.6 Å². The standard InChI is InChI=1S/C17H15N3O2S2/c1-11-5-7-12(8-6-11)15(21)18-20-16(22)14(24-17(20)23)10-13-4-3-9-19(13)2/h3-10H,1-2H3,(H,18,21). The van der Waals surface area contributed by atoms with E-state index in [0.717, 1.165) is 16.3 Å². The molecule has 3 rings (SSSR count). The van der Waals surface area contributed by atoms with Crippen molar-refractivity contribution in [3.05, 3.63) is 64.3 Å². The number of aromatic nitrogens is 1. The average molecular weight is 357 g/mol. The van der Waals surface area contributed by atoms with Gasteiger partial charge in [0.05, 0.1) is 4.91 Å². The molecule has 0 atom stereocenters. The number of carbonyl (C=O) groups excluding carboxylic acids is 2. The van der Waals surface area contributed by atoms with Gasteiger partial charge < -0.3 is 4.57 Å². The van der Waals surface area contributed by atoms with Crippen LogP contribution >= 0.6 is 24.0 Å². The lowest BCUT2D eigenvalue weighted by Crippen LogP contribution is -2.44. The molecule has 1 aromatic heterocycles. The highest BCUT2D eigenvalue weighted by atomic mass is 32.2. The van der Waals surface area contributed by atoms with Gasteiger partial charge >= 0.3 is 0 Å². The van der Waals surface area contributed by atoms with E-state index in [-0.39, 0.29) is 11.8 Å². The number of amides is 2. The summed E-state index contributed by atoms with van der Waals surface area (Å²) in [5.41, 5.74) is 4.99. The fraction of sp³-hybridized carbons (Fsp3) is 0.118. The molecule has 24 heavy (non-hydrogen) atoms. The van der Waals surface area contributed by atoms with E-state index in [2.05, 4.69) is 5.43 Å². The van der Waals surface area contributed by atoms with E-state index in [0.29, 0.717) is 14.8 Å². The molecule has 1 N–H and O–H groups in total. The highest BCUT2D eigenvalue weighted by Gasteiger charge is 2.33. The Hall–Kier alpha value is -2.38. The van der Waals surface area contributed by atoms with Crippen molar-refractivity contribution in [2.75, 3.05) is 0 Å². The topological polar surface area (TPSA) is 54.3 Å². The first-order valence-electron chi connectivity index (χ1n) is 7.22. The number of nitrogens with one attached hydrogen (secondary N) is 1. The Labute approximate surface area is 149 Å². The van der Waals surface area contributed by atoms with Gasteiger partial charge in [-0.05, 0) is 49.5 Å². The lowest BCUT2D eigenvalue weighted by atomic mass is 10.1. The van der Waals surface area contributed by atoms with Gasteiger partial charge in [-0.25, -0.2) is 0 Å². The van der Waals surface area contributed by atoms with Gasteiger partial charge in [-0.15, -0.1) is 0 Å². The number of aryl methyl sites for hydroxylation is 2. The third kappa shape index (κ3) is 3.27. The van der Waals surface area contributed by atoms with Crippen LogP contribution in [0.15, 0.2) is 47.5 Å². The Bertz CT molecular complexity index is 853. The van der Waals surface area contributed by atoms with Gasteiger partial charge in [0.2, 0.25) is 0 Å². The molecule has 2 heterocycles. The van der Waals surface area contributed by atoms with E-state index in [1.165, 1.54) is 11.8 Å². The fourth-order valence-electron chi connectivity index (χ4n) is 2.19. The lowest BCUT2D eigenvalue weighted by molar-refractivity contribution is -0.123. The summed E-state index contributed by atoms with van der Waals surface area (Å²) in [5.74, 6) is -0.696. The zero-order valence-corrected chi connectivity index (χ0v) is 14.8. The fourth-order valence-corrected chi connectivity index (χ4v) is 3.36. The minimum atomic E-state index is -0.369. The minimum absolute atomic E-state index is 0.306. The second-order valence-electron chi connectivity index (χ2n) is 5.37. The summed E-state index contributed by atoms with van der Waals surface area (Å²) in [6.07, 6.45) is 3.66. The van der Waals surface area contributed by atoms with Gasteiger partial charge in [0, 0.05) is 24.5 Å². The number of nitrogens with zero attached hydrogens (tertiary/aromatic N) is 2. The number of rotatable bonds is 3. The van der Waals surface area contributed by atoms with E-state index >= 15 is 0 Å². The summed E-state index contributed by atoms with van der Waals surface area (Å²) in [7, 11) is 1.89. The summed E-state index contributed by atoms with van der Waals surface area (Å²) in [6.45, 7) is 1.94. The molecule has 1 aliphatic rings. The highest BCUT2D eigenvalue weighted by Crippen LogP contribution is 2.31. The van der Waals surface area contributed by atoms with Gasteiger partial charge in [0.1, 0.15) is 0 Å². The molecule has 7 heteroatoms. The van der Waals surface area contributed by atoms with Crippen LogP contribution < -0.4 is 5.43 Å². The minimum Gasteiger partial charge on any atom is -0.351 e. The first-order valence-corrected chi connectivity index (χ1v) is 8.45. The van der Waals surface area contributed by atoms with Crippen molar-refractivity contribution >= 4 is 46.2 Å². The number of carbonyl (C=O) groups is 2. The number of hydrogen-bond acceptors (Lipinski definition) is 4. The van der Waals surface area contributed by atoms with Crippen LogP contribution in [0.2, 0.25) is 0 Å². The molecule has 0 unspecified atom stereocenters. The monoisotopic (exact) mass is 357 g/mol. The zero-order valence-electron chi connectivity index (χ0n) is 13.1. The summed E-state index contributed by atoms with van der Waals surface area (Å²) in [5, 5.41) is 1.12. The Morgan fingerprint density at radius 2 is 1.96 bits per heavy atom. The Morgan fingerprint density at radius 1 is 1.25 bits per heavy atom. The summed E-state index contributed by atoms with van der Waals surface area (Å²) < 4.78 is 2.21. The molecule has 2 aromatic rings. The van der Waals surface area contributed by atoms with Gasteiger partial charge in [0.15, 0.2) is 4.32 Å². The number of benzene rings is 1. The van der Waals surface area contributed by atoms with Gasteiger partial charge in [-0.3, -0.25) is 15.0 Å². The van der Waals surface area contributed by atoms with Crippen molar-refractivity contribution in [1.82, 2.24) is 15.0 Å². The maximum atomic E-state index is 12.5. The molecule has 2 amide bonds. The molecule has 0 saturated carbocycles. The molecular weight excluding hydrogens is 342 g/mol. The molecule has 5 nitrogen and oxygen atoms in total. The molecule has 0 spiro atoms. The van der Waals surface area contributed by atoms with Crippen molar-refractivity contribution in [3.8, 4) is 0 Å². The molecule has 1 aliphatic heterocycles. The van der Waals surface area contributed by atoms with E-state index in [4.69, 9.17) is 12.2 Å². The molecule has 1 saturated heterocycles. The van der Waals surface area contributed by atoms with Crippen LogP contribution in [0, 0.1) is 6.92 Å². The van der Waals surface area contributed by atoms with Crippen molar-refractivity contribution in [3.63, 3.8) is 0 Å². The molecule has 0 aliphatic carbocycles. The third-order valence-electron chi connectivity index (χ3n) is 3.58. The van der Waals surface area contributed by atoms with E-state index in [1.54, 1.807) is 18.2 Å². The molecule has 0 bridgehead atoms. The molecule has 0 radical (unpaired) electrons. The van der Waals surface area contributed by atoms with Crippen LogP contribution in [0.3, 0.4) is 0 Å². The first kappa shape index (κ1) is 16.5. The highest BCUT2D eigenvalue weighted by molar-refractivity contribution is 8.26. The molecular formula is C17H15N3O2S2. The van der Waals surface area contributed by atoms with Crippen LogP contribution in [0.25, 0.3) is 6.08 Å². The molecule has 1 aromatic carbocycles. The van der Waals surface area contributed by atoms with Gasteiger partial charge in [-0.1, -0.05) is 29.5 Å². The van der Waals surface area contributed by atoms with Crippen molar-refractivity contribution in [1.29, 1.82) is 0 Å². The Balaban J connectivity index is 1.77. The van der Waals surface area contributed by atoms with Crippen LogP contribution in [0.4, 0.5) is 0 Å². The Morgan fingerprint density at radius 3 is 2.58 bits per heavy atom. The van der Waals surface area contributed by atoms with Crippen LogP contribution in [-0.4, -0.2) is 25.7 Å². The number of thioether (sulfide) groups is 1. The van der Waals surface area contributed by atoms with Crippen LogP contribution in [-0.2, 0) is 11.8 Å². The first-order chi connectivity index (χ1) is 11.5. The smallest absolute Gasteiger partial charge is 0.285 e. The molecule has 122 valence electrons. The SMILES string of the molecule is Cc1ccc(C(=O)NN2C(=O)C(=Cc3cccn3C)SC2=S)cc1. The van der Waals surface area contributed by atoms with Crippen molar-refractivity contribution < 1.29 is 9.59 Å². The van der Waals surface area contributed by atoms with Crippen LogP contribution in [0.5, 0.6) is 0 Å². The number of hydrogen-bond donors (Lipinski definition) is 1. The summed E-state index contributed by atoms with van der Waals surface area (Å²) in [6, 6.07) is 10.9. The van der Waals surface area contributed by atoms with Gasteiger partial charge in [-0.2, -0.15) is 5.01 Å². The maximum Gasteiger partial charge on any atom is 0.285 e. The van der Waals surface area contributed by atoms with Crippen molar-refractivity contribution in [2.45, 2.75) is 6.92 Å². The average Bonchev–Trinajstić information content (AvgIpc) is 3.07. The zero-order chi connectivity index (χ0) is 17.3. The second kappa shape index (κ2) is 6.62. The van der Waals surface area contributed by atoms with Crippen molar-refractivity contribution in [2.24, 2.45) is 7.05 Å². The van der Waals surface area contributed by atoms with E-state index < -0.39 is 0 Å².